The molecule has 5 rings (SSSR count). The highest BCUT2D eigenvalue weighted by Gasteiger charge is 2.19. The Balaban J connectivity index is 1.41. The van der Waals surface area contributed by atoms with Crippen LogP contribution < -0.4 is 9.47 Å². The van der Waals surface area contributed by atoms with Crippen LogP contribution in [0.25, 0.3) is 43.1 Å². The van der Waals surface area contributed by atoms with Crippen LogP contribution in [-0.4, -0.2) is 13.2 Å². The predicted molar refractivity (Wildman–Crippen MR) is 257 cm³/mol. The van der Waals surface area contributed by atoms with Crippen LogP contribution in [0.1, 0.15) is 167 Å². The number of aryl methyl sites for hydroxylation is 2. The van der Waals surface area contributed by atoms with Crippen LogP contribution in [0.3, 0.4) is 0 Å². The van der Waals surface area contributed by atoms with Crippen molar-refractivity contribution in [3.63, 3.8) is 0 Å². The molecular formula is C54H74O2S2. The lowest BCUT2D eigenvalue weighted by Gasteiger charge is -2.17. The number of hydrogen-bond acceptors (Lipinski definition) is 4. The first-order valence-electron chi connectivity index (χ1n) is 23.4. The first kappa shape index (κ1) is 45.7. The molecule has 0 aliphatic rings. The Morgan fingerprint density at radius 3 is 1.07 bits per heavy atom. The van der Waals surface area contributed by atoms with Crippen LogP contribution in [0.5, 0.6) is 11.5 Å². The monoisotopic (exact) mass is 819 g/mol. The van der Waals surface area contributed by atoms with Crippen LogP contribution >= 0.6 is 22.7 Å². The Hall–Kier alpha value is -3.34. The van der Waals surface area contributed by atoms with Gasteiger partial charge < -0.3 is 9.47 Å². The summed E-state index contributed by atoms with van der Waals surface area (Å²) in [6, 6.07) is 27.7. The maximum Gasteiger partial charge on any atom is 0.128 e. The van der Waals surface area contributed by atoms with E-state index < -0.39 is 0 Å². The normalized spacial score (nSPS) is 11.4. The summed E-state index contributed by atoms with van der Waals surface area (Å²) in [6.45, 7) is 10.6. The summed E-state index contributed by atoms with van der Waals surface area (Å²) in [7, 11) is 0. The lowest BCUT2D eigenvalue weighted by molar-refractivity contribution is 0.298. The summed E-state index contributed by atoms with van der Waals surface area (Å²) in [6.07, 6.45) is 27.9. The Kier molecular flexibility index (Phi) is 21.1. The Bertz CT molecular complexity index is 1690. The summed E-state index contributed by atoms with van der Waals surface area (Å²) < 4.78 is 13.6. The minimum Gasteiger partial charge on any atom is -0.493 e. The summed E-state index contributed by atoms with van der Waals surface area (Å²) >= 11 is 3.63. The van der Waals surface area contributed by atoms with E-state index in [1.54, 1.807) is 0 Å². The summed E-state index contributed by atoms with van der Waals surface area (Å²) in [5, 5.41) is 4.62. The van der Waals surface area contributed by atoms with Gasteiger partial charge in [0.1, 0.15) is 11.5 Å². The van der Waals surface area contributed by atoms with E-state index in [-0.39, 0.29) is 0 Å². The second-order valence-electron chi connectivity index (χ2n) is 16.5. The van der Waals surface area contributed by atoms with E-state index in [0.717, 1.165) is 61.5 Å². The number of unbranched alkanes of at least 4 members (excludes halogenated alkanes) is 16. The number of rotatable bonds is 30. The summed E-state index contributed by atoms with van der Waals surface area (Å²) in [5.74, 6) is 1.94. The summed E-state index contributed by atoms with van der Waals surface area (Å²) in [5.41, 5.74) is 10.2. The van der Waals surface area contributed by atoms with Gasteiger partial charge in [0, 0.05) is 20.9 Å². The van der Waals surface area contributed by atoms with Gasteiger partial charge in [0.05, 0.1) is 13.2 Å². The molecule has 2 heterocycles. The molecule has 2 nitrogen and oxygen atoms in total. The van der Waals surface area contributed by atoms with E-state index in [1.807, 2.05) is 22.7 Å². The molecular weight excluding hydrogens is 745 g/mol. The predicted octanol–water partition coefficient (Wildman–Crippen LogP) is 18.2. The second kappa shape index (κ2) is 26.7. The fourth-order valence-electron chi connectivity index (χ4n) is 7.77. The van der Waals surface area contributed by atoms with E-state index in [9.17, 15) is 0 Å². The fraction of sp³-hybridized carbons (Fsp3) is 0.519. The standard InChI is InChI=1S/C54H74O2S2/c1-5-9-13-15-17-19-21-23-35-55-51-39-50(54-38-48(42-58-54)46-33-29-44(30-34-46)26-12-8-4)52(56-36-24-22-20-18-16-14-10-6-2)40-49(51)53-37-47(41-57-53)45-31-27-43(28-32-45)25-11-7-3/h27-34,37-42H,5-26,35-36H2,1-4H3. The highest BCUT2D eigenvalue weighted by Crippen LogP contribution is 2.46. The first-order valence-corrected chi connectivity index (χ1v) is 25.2. The van der Waals surface area contributed by atoms with Gasteiger partial charge in [0.2, 0.25) is 0 Å². The van der Waals surface area contributed by atoms with Gasteiger partial charge in [0.15, 0.2) is 0 Å². The van der Waals surface area contributed by atoms with E-state index in [1.165, 1.54) is 159 Å². The number of thiophene rings is 2. The maximum atomic E-state index is 6.81. The zero-order valence-corrected chi connectivity index (χ0v) is 38.3. The van der Waals surface area contributed by atoms with Crippen LogP contribution in [0.4, 0.5) is 0 Å². The van der Waals surface area contributed by atoms with Crippen molar-refractivity contribution in [2.45, 2.75) is 169 Å². The third kappa shape index (κ3) is 15.0. The minimum atomic E-state index is 0.734. The van der Waals surface area contributed by atoms with Gasteiger partial charge >= 0.3 is 0 Å². The molecule has 314 valence electrons. The van der Waals surface area contributed by atoms with E-state index in [4.69, 9.17) is 9.47 Å². The largest absolute Gasteiger partial charge is 0.493 e. The van der Waals surface area contributed by atoms with Gasteiger partial charge in [-0.05, 0) is 107 Å². The lowest BCUT2D eigenvalue weighted by atomic mass is 10.0. The van der Waals surface area contributed by atoms with E-state index >= 15 is 0 Å². The molecule has 58 heavy (non-hydrogen) atoms. The molecule has 0 aliphatic heterocycles. The van der Waals surface area contributed by atoms with Crippen molar-refractivity contribution in [3.05, 3.63) is 94.7 Å². The van der Waals surface area contributed by atoms with Gasteiger partial charge in [-0.25, -0.2) is 0 Å². The van der Waals surface area contributed by atoms with Crippen molar-refractivity contribution in [2.24, 2.45) is 0 Å². The molecule has 5 aromatic rings. The van der Waals surface area contributed by atoms with Crippen LogP contribution in [0.2, 0.25) is 0 Å². The quantitative estimate of drug-likeness (QED) is 0.0430. The summed E-state index contributed by atoms with van der Waals surface area (Å²) in [4.78, 5) is 2.46. The number of ether oxygens (including phenoxy) is 2. The van der Waals surface area contributed by atoms with Crippen molar-refractivity contribution in [1.82, 2.24) is 0 Å². The highest BCUT2D eigenvalue weighted by molar-refractivity contribution is 7.14. The van der Waals surface area contributed by atoms with Crippen molar-refractivity contribution < 1.29 is 9.47 Å². The van der Waals surface area contributed by atoms with Crippen molar-refractivity contribution in [3.8, 4) is 54.6 Å². The zero-order valence-electron chi connectivity index (χ0n) is 36.7. The molecule has 0 radical (unpaired) electrons. The molecule has 0 saturated carbocycles. The molecule has 0 aliphatic carbocycles. The molecule has 0 unspecified atom stereocenters. The second-order valence-corrected chi connectivity index (χ2v) is 18.3. The van der Waals surface area contributed by atoms with Crippen molar-refractivity contribution in [2.75, 3.05) is 13.2 Å². The molecule has 3 aromatic carbocycles. The lowest BCUT2D eigenvalue weighted by Crippen LogP contribution is -2.02. The molecule has 0 saturated heterocycles. The minimum absolute atomic E-state index is 0.734. The molecule has 0 bridgehead atoms. The van der Waals surface area contributed by atoms with Crippen molar-refractivity contribution in [1.29, 1.82) is 0 Å². The Morgan fingerprint density at radius 1 is 0.362 bits per heavy atom. The molecule has 0 N–H and O–H groups in total. The van der Waals surface area contributed by atoms with Crippen LogP contribution in [-0.2, 0) is 12.8 Å². The van der Waals surface area contributed by atoms with E-state index in [0.29, 0.717) is 0 Å². The molecule has 0 atom stereocenters. The molecule has 2 aromatic heterocycles. The molecule has 0 fully saturated rings. The molecule has 0 spiro atoms. The smallest absolute Gasteiger partial charge is 0.128 e. The molecule has 4 heteroatoms. The van der Waals surface area contributed by atoms with Crippen LogP contribution in [0.15, 0.2) is 83.6 Å². The Labute approximate surface area is 361 Å². The van der Waals surface area contributed by atoms with Gasteiger partial charge in [-0.1, -0.05) is 179 Å². The maximum absolute atomic E-state index is 6.81. The average molecular weight is 819 g/mol. The van der Waals surface area contributed by atoms with Crippen molar-refractivity contribution >= 4 is 22.7 Å². The number of benzene rings is 3. The SMILES string of the molecule is CCCCCCCCCCOc1cc(-c2cc(-c3ccc(CCCC)cc3)cs2)c(OCCCCCCCCCC)cc1-c1cc(-c2ccc(CCCC)cc2)cs1. The zero-order chi connectivity index (χ0) is 40.6. The fourth-order valence-corrected chi connectivity index (χ4v) is 9.65. The topological polar surface area (TPSA) is 18.5 Å². The van der Waals surface area contributed by atoms with Crippen LogP contribution in [0, 0.1) is 0 Å². The van der Waals surface area contributed by atoms with E-state index in [2.05, 4.69) is 111 Å². The third-order valence-electron chi connectivity index (χ3n) is 11.5. The molecule has 0 amide bonds. The highest BCUT2D eigenvalue weighted by atomic mass is 32.1. The van der Waals surface area contributed by atoms with Gasteiger partial charge in [-0.15, -0.1) is 22.7 Å². The van der Waals surface area contributed by atoms with Gasteiger partial charge in [0.25, 0.3) is 0 Å². The first-order chi connectivity index (χ1) is 28.6. The Morgan fingerprint density at radius 2 is 0.707 bits per heavy atom. The van der Waals surface area contributed by atoms with Gasteiger partial charge in [-0.2, -0.15) is 0 Å². The average Bonchev–Trinajstić information content (AvgIpc) is 3.96. The van der Waals surface area contributed by atoms with Gasteiger partial charge in [-0.3, -0.25) is 0 Å². The number of hydrogen-bond donors (Lipinski definition) is 0. The third-order valence-corrected chi connectivity index (χ3v) is 13.5.